The van der Waals surface area contributed by atoms with Gasteiger partial charge in [0, 0.05) is 5.69 Å². The molecule has 0 saturated carbocycles. The van der Waals surface area contributed by atoms with Crippen molar-refractivity contribution in [2.75, 3.05) is 10.5 Å². The number of rotatable bonds is 5. The molecular weight excluding hydrogens is 290 g/mol. The second-order valence-electron chi connectivity index (χ2n) is 4.77. The van der Waals surface area contributed by atoms with Crippen LogP contribution < -0.4 is 10.5 Å². The van der Waals surface area contributed by atoms with Gasteiger partial charge in [-0.05, 0) is 43.0 Å². The third kappa shape index (κ3) is 3.18. The fraction of sp³-hybridized carbons (Fsp3) is 0.357. The maximum absolute atomic E-state index is 12.5. The number of nitrogens with one attached hydrogen (secondary N) is 1. The third-order valence-electron chi connectivity index (χ3n) is 3.20. The van der Waals surface area contributed by atoms with E-state index in [9.17, 15) is 8.42 Å². The van der Waals surface area contributed by atoms with E-state index in [1.54, 1.807) is 13.0 Å². The highest BCUT2D eigenvalue weighted by molar-refractivity contribution is 7.92. The van der Waals surface area contributed by atoms with E-state index in [0.29, 0.717) is 29.8 Å². The van der Waals surface area contributed by atoms with Gasteiger partial charge in [-0.2, -0.15) is 4.98 Å². The van der Waals surface area contributed by atoms with Crippen LogP contribution in [0.3, 0.4) is 0 Å². The first kappa shape index (κ1) is 15.4. The first-order valence-electron chi connectivity index (χ1n) is 6.73. The maximum atomic E-state index is 12.5. The number of nitrogens with zero attached hydrogens (tertiary/aromatic N) is 1. The van der Waals surface area contributed by atoms with Crippen molar-refractivity contribution in [3.8, 4) is 0 Å². The van der Waals surface area contributed by atoms with Gasteiger partial charge in [-0.3, -0.25) is 0 Å². The number of oxazole rings is 1. The third-order valence-corrected chi connectivity index (χ3v) is 4.58. The summed E-state index contributed by atoms with van der Waals surface area (Å²) in [6.45, 7) is 5.53. The lowest BCUT2D eigenvalue weighted by Crippen LogP contribution is -2.16. The number of aryl methyl sites for hydroxylation is 2. The predicted molar refractivity (Wildman–Crippen MR) is 81.7 cm³/mol. The highest BCUT2D eigenvalue weighted by Crippen LogP contribution is 2.26. The van der Waals surface area contributed by atoms with Gasteiger partial charge in [0.2, 0.25) is 0 Å². The van der Waals surface area contributed by atoms with Gasteiger partial charge in [-0.15, -0.1) is 0 Å². The SMILES string of the molecule is CCc1cc(N)c(CC)c(S(=O)(=O)Nc2nc(C)co2)c1. The topological polar surface area (TPSA) is 98.2 Å². The molecule has 0 aliphatic rings. The monoisotopic (exact) mass is 309 g/mol. The molecular formula is C14H19N3O3S. The molecule has 0 unspecified atom stereocenters. The Morgan fingerprint density at radius 2 is 2.00 bits per heavy atom. The van der Waals surface area contributed by atoms with Crippen molar-refractivity contribution in [2.24, 2.45) is 0 Å². The number of benzene rings is 1. The molecule has 0 aliphatic heterocycles. The van der Waals surface area contributed by atoms with Crippen molar-refractivity contribution in [2.45, 2.75) is 38.5 Å². The van der Waals surface area contributed by atoms with Crippen LogP contribution in [0.2, 0.25) is 0 Å². The van der Waals surface area contributed by atoms with Crippen molar-refractivity contribution in [1.29, 1.82) is 0 Å². The summed E-state index contributed by atoms with van der Waals surface area (Å²) in [5, 5.41) is 0. The molecule has 1 heterocycles. The molecule has 3 N–H and O–H groups in total. The van der Waals surface area contributed by atoms with Gasteiger partial charge in [0.25, 0.3) is 10.0 Å². The van der Waals surface area contributed by atoms with Crippen LogP contribution in [0, 0.1) is 6.92 Å². The summed E-state index contributed by atoms with van der Waals surface area (Å²) in [5.41, 5.74) is 8.53. The average Bonchev–Trinajstić information content (AvgIpc) is 2.82. The molecule has 2 aromatic rings. The summed E-state index contributed by atoms with van der Waals surface area (Å²) in [7, 11) is -3.78. The molecule has 114 valence electrons. The summed E-state index contributed by atoms with van der Waals surface area (Å²) in [6.07, 6.45) is 2.61. The Kier molecular flexibility index (Phi) is 4.22. The largest absolute Gasteiger partial charge is 0.431 e. The van der Waals surface area contributed by atoms with Crippen molar-refractivity contribution in [3.63, 3.8) is 0 Å². The fourth-order valence-electron chi connectivity index (χ4n) is 2.12. The van der Waals surface area contributed by atoms with E-state index in [-0.39, 0.29) is 10.9 Å². The average molecular weight is 309 g/mol. The minimum absolute atomic E-state index is 0.0463. The lowest BCUT2D eigenvalue weighted by Gasteiger charge is -2.13. The van der Waals surface area contributed by atoms with Crippen LogP contribution in [-0.4, -0.2) is 13.4 Å². The van der Waals surface area contributed by atoms with Gasteiger partial charge >= 0.3 is 6.01 Å². The van der Waals surface area contributed by atoms with Crippen molar-refractivity contribution in [1.82, 2.24) is 4.98 Å². The van der Waals surface area contributed by atoms with Crippen LogP contribution >= 0.6 is 0 Å². The van der Waals surface area contributed by atoms with Crippen LogP contribution in [0.15, 0.2) is 27.7 Å². The highest BCUT2D eigenvalue weighted by atomic mass is 32.2. The van der Waals surface area contributed by atoms with E-state index < -0.39 is 10.0 Å². The number of hydrogen-bond donors (Lipinski definition) is 2. The molecule has 6 nitrogen and oxygen atoms in total. The van der Waals surface area contributed by atoms with E-state index in [0.717, 1.165) is 5.56 Å². The molecule has 1 aromatic carbocycles. The number of nitrogens with two attached hydrogens (primary N) is 1. The predicted octanol–water partition coefficient (Wildman–Crippen LogP) is 2.49. The Morgan fingerprint density at radius 1 is 1.29 bits per heavy atom. The molecule has 21 heavy (non-hydrogen) atoms. The van der Waals surface area contributed by atoms with Gasteiger partial charge in [0.1, 0.15) is 6.26 Å². The first-order chi connectivity index (χ1) is 9.87. The van der Waals surface area contributed by atoms with Crippen LogP contribution in [0.25, 0.3) is 0 Å². The molecule has 7 heteroatoms. The zero-order valence-corrected chi connectivity index (χ0v) is 13.1. The second-order valence-corrected chi connectivity index (χ2v) is 6.42. The quantitative estimate of drug-likeness (QED) is 0.827. The zero-order valence-electron chi connectivity index (χ0n) is 12.3. The maximum Gasteiger partial charge on any atom is 0.309 e. The molecule has 0 radical (unpaired) electrons. The van der Waals surface area contributed by atoms with Crippen molar-refractivity contribution < 1.29 is 12.8 Å². The lowest BCUT2D eigenvalue weighted by atomic mass is 10.1. The summed E-state index contributed by atoms with van der Waals surface area (Å²) < 4.78 is 32.5. The Bertz CT molecular complexity index is 751. The molecule has 0 fully saturated rings. The van der Waals surface area contributed by atoms with Gasteiger partial charge < -0.3 is 10.2 Å². The van der Waals surface area contributed by atoms with Gasteiger partial charge in [-0.1, -0.05) is 13.8 Å². The molecule has 0 bridgehead atoms. The van der Waals surface area contributed by atoms with Gasteiger partial charge in [0.05, 0.1) is 10.6 Å². The molecule has 0 atom stereocenters. The van der Waals surface area contributed by atoms with E-state index in [4.69, 9.17) is 10.2 Å². The van der Waals surface area contributed by atoms with Crippen LogP contribution in [0.1, 0.15) is 30.7 Å². The minimum Gasteiger partial charge on any atom is -0.431 e. The smallest absolute Gasteiger partial charge is 0.309 e. The van der Waals surface area contributed by atoms with Crippen molar-refractivity contribution in [3.05, 3.63) is 35.2 Å². The second kappa shape index (κ2) is 5.77. The summed E-state index contributed by atoms with van der Waals surface area (Å²) in [4.78, 5) is 4.13. The van der Waals surface area contributed by atoms with Crippen molar-refractivity contribution >= 4 is 21.7 Å². The van der Waals surface area contributed by atoms with Gasteiger partial charge in [-0.25, -0.2) is 13.1 Å². The minimum atomic E-state index is -3.78. The Labute approximate surface area is 124 Å². The number of nitrogen functional groups attached to an aromatic ring is 1. The van der Waals surface area contributed by atoms with Gasteiger partial charge in [0.15, 0.2) is 0 Å². The van der Waals surface area contributed by atoms with Crippen LogP contribution in [-0.2, 0) is 22.9 Å². The van der Waals surface area contributed by atoms with Crippen LogP contribution in [0.4, 0.5) is 11.7 Å². The van der Waals surface area contributed by atoms with E-state index in [2.05, 4.69) is 9.71 Å². The van der Waals surface area contributed by atoms with E-state index in [1.165, 1.54) is 6.26 Å². The molecule has 0 spiro atoms. The fourth-order valence-corrected chi connectivity index (χ4v) is 3.45. The highest BCUT2D eigenvalue weighted by Gasteiger charge is 2.22. The Morgan fingerprint density at radius 3 is 2.52 bits per heavy atom. The molecule has 1 aromatic heterocycles. The number of hydrogen-bond acceptors (Lipinski definition) is 5. The van der Waals surface area contributed by atoms with Crippen LogP contribution in [0.5, 0.6) is 0 Å². The summed E-state index contributed by atoms with van der Waals surface area (Å²) >= 11 is 0. The lowest BCUT2D eigenvalue weighted by molar-refractivity contribution is 0.569. The number of aromatic nitrogens is 1. The van der Waals surface area contributed by atoms with E-state index in [1.807, 2.05) is 19.9 Å². The molecule has 0 amide bonds. The summed E-state index contributed by atoms with van der Waals surface area (Å²) in [6, 6.07) is 3.41. The Hall–Kier alpha value is -2.02. The van der Waals surface area contributed by atoms with E-state index >= 15 is 0 Å². The molecule has 0 aliphatic carbocycles. The normalized spacial score (nSPS) is 11.6. The number of anilines is 2. The first-order valence-corrected chi connectivity index (χ1v) is 8.22. The molecule has 0 saturated heterocycles. The molecule has 2 rings (SSSR count). The zero-order chi connectivity index (χ0) is 15.6. The Balaban J connectivity index is 2.50. The number of sulfonamides is 1. The summed E-state index contributed by atoms with van der Waals surface area (Å²) in [5.74, 6) is 0. The standard InChI is InChI=1S/C14H19N3O3S/c1-4-10-6-12(15)11(5-2)13(7-10)21(18,19)17-14-16-9(3)8-20-14/h6-8H,4-5,15H2,1-3H3,(H,16,17).